The highest BCUT2D eigenvalue weighted by Gasteiger charge is 2.13. The minimum absolute atomic E-state index is 0.00354. The maximum Gasteiger partial charge on any atom is 0.252 e. The number of aliphatic hydroxyl groups excluding tert-OH is 1. The molecule has 1 unspecified atom stereocenters. The molecule has 0 aliphatic heterocycles. The molecule has 7 heteroatoms. The molecule has 6 N–H and O–H groups in total. The van der Waals surface area contributed by atoms with E-state index in [2.05, 4.69) is 10.2 Å². The van der Waals surface area contributed by atoms with E-state index >= 15 is 0 Å². The first-order chi connectivity index (χ1) is 12.9. The van der Waals surface area contributed by atoms with Crippen molar-refractivity contribution in [2.24, 2.45) is 5.73 Å². The summed E-state index contributed by atoms with van der Waals surface area (Å²) >= 11 is 0. The summed E-state index contributed by atoms with van der Waals surface area (Å²) in [6.07, 6.45) is 1.13. The van der Waals surface area contributed by atoms with Crippen LogP contribution in [0, 0.1) is 0 Å². The number of anilines is 1. The summed E-state index contributed by atoms with van der Waals surface area (Å²) < 4.78 is 0. The van der Waals surface area contributed by atoms with E-state index in [0.717, 1.165) is 31.6 Å². The van der Waals surface area contributed by atoms with Crippen molar-refractivity contribution < 1.29 is 20.1 Å². The Kier molecular flexibility index (Phi) is 7.45. The topological polar surface area (TPSA) is 119 Å². The number of rotatable bonds is 10. The Morgan fingerprint density at radius 3 is 2.52 bits per heavy atom. The largest absolute Gasteiger partial charge is 0.508 e. The lowest BCUT2D eigenvalue weighted by Gasteiger charge is -2.19. The van der Waals surface area contributed by atoms with Crippen LogP contribution in [0.1, 0.15) is 34.9 Å². The zero-order chi connectivity index (χ0) is 19.8. The molecule has 7 nitrogen and oxygen atoms in total. The van der Waals surface area contributed by atoms with Gasteiger partial charge in [0, 0.05) is 25.8 Å². The fraction of sp³-hybridized carbons (Fsp3) is 0.350. The van der Waals surface area contributed by atoms with Crippen LogP contribution in [-0.2, 0) is 0 Å². The third-order valence-corrected chi connectivity index (χ3v) is 4.40. The molecule has 27 heavy (non-hydrogen) atoms. The molecule has 0 bridgehead atoms. The van der Waals surface area contributed by atoms with Crippen LogP contribution in [0.5, 0.6) is 11.5 Å². The van der Waals surface area contributed by atoms with Gasteiger partial charge >= 0.3 is 0 Å². The van der Waals surface area contributed by atoms with Crippen molar-refractivity contribution in [3.8, 4) is 11.5 Å². The van der Waals surface area contributed by atoms with Crippen molar-refractivity contribution in [1.29, 1.82) is 0 Å². The van der Waals surface area contributed by atoms with Gasteiger partial charge in [-0.1, -0.05) is 6.07 Å². The smallest absolute Gasteiger partial charge is 0.252 e. The first kappa shape index (κ1) is 20.5. The Morgan fingerprint density at radius 2 is 1.85 bits per heavy atom. The minimum Gasteiger partial charge on any atom is -0.508 e. The summed E-state index contributed by atoms with van der Waals surface area (Å²) in [7, 11) is 2.00. The van der Waals surface area contributed by atoms with Gasteiger partial charge in [-0.05, 0) is 61.3 Å². The van der Waals surface area contributed by atoms with E-state index in [1.807, 2.05) is 19.2 Å². The summed E-state index contributed by atoms with van der Waals surface area (Å²) in [6.45, 7) is 1.98. The fourth-order valence-corrected chi connectivity index (χ4v) is 2.75. The monoisotopic (exact) mass is 373 g/mol. The second-order valence-corrected chi connectivity index (χ2v) is 6.51. The Balaban J connectivity index is 1.68. The van der Waals surface area contributed by atoms with E-state index in [0.29, 0.717) is 12.1 Å². The van der Waals surface area contributed by atoms with Crippen LogP contribution < -0.4 is 16.0 Å². The number of phenols is 2. The van der Waals surface area contributed by atoms with Crippen molar-refractivity contribution in [2.45, 2.75) is 18.9 Å². The van der Waals surface area contributed by atoms with Gasteiger partial charge in [-0.3, -0.25) is 4.79 Å². The highest BCUT2D eigenvalue weighted by Crippen LogP contribution is 2.22. The average molecular weight is 373 g/mol. The first-order valence-corrected chi connectivity index (χ1v) is 8.90. The van der Waals surface area contributed by atoms with Crippen LogP contribution in [0.3, 0.4) is 0 Å². The van der Waals surface area contributed by atoms with Crippen molar-refractivity contribution >= 4 is 11.6 Å². The molecule has 1 atom stereocenters. The van der Waals surface area contributed by atoms with E-state index in [9.17, 15) is 20.1 Å². The van der Waals surface area contributed by atoms with Crippen LogP contribution in [0.2, 0.25) is 0 Å². The number of hydrogen-bond donors (Lipinski definition) is 5. The zero-order valence-corrected chi connectivity index (χ0v) is 15.4. The van der Waals surface area contributed by atoms with Gasteiger partial charge in [-0.15, -0.1) is 0 Å². The molecule has 0 spiro atoms. The predicted molar refractivity (Wildman–Crippen MR) is 105 cm³/mol. The van der Waals surface area contributed by atoms with Crippen LogP contribution in [-0.4, -0.2) is 47.9 Å². The van der Waals surface area contributed by atoms with E-state index in [1.165, 1.54) is 12.1 Å². The number of aliphatic hydroxyl groups is 1. The van der Waals surface area contributed by atoms with Crippen molar-refractivity contribution in [3.05, 3.63) is 53.6 Å². The molecule has 0 saturated carbocycles. The third-order valence-electron chi connectivity index (χ3n) is 4.40. The highest BCUT2D eigenvalue weighted by molar-refractivity contribution is 5.95. The molecule has 0 aliphatic rings. The van der Waals surface area contributed by atoms with Crippen molar-refractivity contribution in [1.82, 2.24) is 5.32 Å². The second-order valence-electron chi connectivity index (χ2n) is 6.51. The number of nitrogens with two attached hydrogens (primary N) is 1. The maximum absolute atomic E-state index is 11.3. The molecule has 0 radical (unpaired) electrons. The Labute approximate surface area is 159 Å². The van der Waals surface area contributed by atoms with Crippen LogP contribution in [0.4, 0.5) is 5.69 Å². The molecular weight excluding hydrogens is 346 g/mol. The van der Waals surface area contributed by atoms with Crippen LogP contribution >= 0.6 is 0 Å². The number of carbonyl (C=O) groups excluding carboxylic acids is 1. The Hall–Kier alpha value is -2.77. The van der Waals surface area contributed by atoms with Gasteiger partial charge in [0.05, 0.1) is 11.7 Å². The van der Waals surface area contributed by atoms with Gasteiger partial charge in [0.1, 0.15) is 11.5 Å². The van der Waals surface area contributed by atoms with Crippen molar-refractivity contribution in [3.63, 3.8) is 0 Å². The quantitative estimate of drug-likeness (QED) is 0.405. The second kappa shape index (κ2) is 9.80. The molecule has 0 aliphatic carbocycles. The Morgan fingerprint density at radius 1 is 1.15 bits per heavy atom. The Bertz CT molecular complexity index is 749. The molecule has 146 valence electrons. The molecule has 2 aromatic rings. The summed E-state index contributed by atoms with van der Waals surface area (Å²) in [5.74, 6) is -0.664. The van der Waals surface area contributed by atoms with E-state index in [4.69, 9.17) is 5.73 Å². The number of unbranched alkanes of at least 4 members (excludes halogenated alkanes) is 1. The molecule has 2 aromatic carbocycles. The van der Waals surface area contributed by atoms with Gasteiger partial charge in [0.15, 0.2) is 0 Å². The number of amides is 1. The maximum atomic E-state index is 11.3. The molecule has 0 saturated heterocycles. The lowest BCUT2D eigenvalue weighted by atomic mass is 10.0. The molecule has 0 aromatic heterocycles. The summed E-state index contributed by atoms with van der Waals surface area (Å²) in [5, 5.41) is 32.3. The summed E-state index contributed by atoms with van der Waals surface area (Å²) in [4.78, 5) is 13.4. The number of hydrogen-bond acceptors (Lipinski definition) is 6. The molecule has 1 amide bonds. The molecule has 2 rings (SSSR count). The normalized spacial score (nSPS) is 11.9. The fourth-order valence-electron chi connectivity index (χ4n) is 2.75. The SMILES string of the molecule is CN(CCCCNCC(O)c1ccc(O)c(C(N)=O)c1)c1ccc(O)cc1. The molecular formula is C20H27N3O4. The number of primary amides is 1. The number of phenolic OH excluding ortho intramolecular Hbond substituents is 1. The number of benzene rings is 2. The van der Waals surface area contributed by atoms with Gasteiger partial charge in [0.2, 0.25) is 0 Å². The standard InChI is InChI=1S/C20H27N3O4/c1-23(15-5-7-16(24)8-6-15)11-3-2-10-22-13-19(26)14-4-9-18(25)17(12-14)20(21)27/h4-9,12,19,22,24-26H,2-3,10-11,13H2,1H3,(H2,21,27). The summed E-state index contributed by atoms with van der Waals surface area (Å²) in [5.41, 5.74) is 6.78. The van der Waals surface area contributed by atoms with Gasteiger partial charge in [0.25, 0.3) is 5.91 Å². The lowest BCUT2D eigenvalue weighted by Crippen LogP contribution is -2.24. The van der Waals surface area contributed by atoms with Crippen LogP contribution in [0.15, 0.2) is 42.5 Å². The van der Waals surface area contributed by atoms with Crippen LogP contribution in [0.25, 0.3) is 0 Å². The van der Waals surface area contributed by atoms with Gasteiger partial charge in [-0.2, -0.15) is 0 Å². The number of carbonyl (C=O) groups is 1. The number of nitrogens with one attached hydrogen (secondary N) is 1. The lowest BCUT2D eigenvalue weighted by molar-refractivity contribution is 0.0997. The minimum atomic E-state index is -0.789. The van der Waals surface area contributed by atoms with E-state index in [-0.39, 0.29) is 17.1 Å². The van der Waals surface area contributed by atoms with E-state index < -0.39 is 12.0 Å². The summed E-state index contributed by atoms with van der Waals surface area (Å²) in [6, 6.07) is 11.4. The molecule has 0 fully saturated rings. The zero-order valence-electron chi connectivity index (χ0n) is 15.4. The number of nitrogens with zero attached hydrogens (tertiary/aromatic N) is 1. The molecule has 0 heterocycles. The van der Waals surface area contributed by atoms with E-state index in [1.54, 1.807) is 18.2 Å². The first-order valence-electron chi connectivity index (χ1n) is 8.90. The van der Waals surface area contributed by atoms with Gasteiger partial charge < -0.3 is 31.3 Å². The predicted octanol–water partition coefficient (Wildman–Crippen LogP) is 1.74. The van der Waals surface area contributed by atoms with Crippen molar-refractivity contribution in [2.75, 3.05) is 31.6 Å². The third kappa shape index (κ3) is 6.16. The average Bonchev–Trinajstić information content (AvgIpc) is 2.64. The van der Waals surface area contributed by atoms with Gasteiger partial charge in [-0.25, -0.2) is 0 Å². The highest BCUT2D eigenvalue weighted by atomic mass is 16.3. The number of aromatic hydroxyl groups is 2.